The molecule has 2 aromatic carbocycles. The van der Waals surface area contributed by atoms with Crippen LogP contribution in [-0.4, -0.2) is 35.4 Å². The van der Waals surface area contributed by atoms with Crippen molar-refractivity contribution in [3.05, 3.63) is 63.9 Å². The molecule has 0 aliphatic carbocycles. The molecular weight excluding hydrogens is 442 g/mol. The number of nitrogens with one attached hydrogen (secondary N) is 1. The Balaban J connectivity index is 2.27. The number of rotatable bonds is 10. The third kappa shape index (κ3) is 7.11. The van der Waals surface area contributed by atoms with Crippen molar-refractivity contribution >= 4 is 35.0 Å². The standard InChI is InChI=1S/C23H27Cl2FN2O3/c1-4-15(3)27-23(30)20(5-2)28(13-16-10-11-17(24)12-18(16)25)22(29)14-31-21-9-7-6-8-19(21)26/h6-12,15,20H,4-5,13-14H2,1-3H3,(H,27,30)/t15-,20-/m1/s1. The van der Waals surface area contributed by atoms with Gasteiger partial charge in [-0.1, -0.05) is 55.2 Å². The zero-order valence-electron chi connectivity index (χ0n) is 17.8. The number of benzene rings is 2. The lowest BCUT2D eigenvalue weighted by Gasteiger charge is -2.31. The highest BCUT2D eigenvalue weighted by atomic mass is 35.5. The fourth-order valence-corrected chi connectivity index (χ4v) is 3.45. The summed E-state index contributed by atoms with van der Waals surface area (Å²) in [5, 5.41) is 3.78. The van der Waals surface area contributed by atoms with Crippen LogP contribution in [0.25, 0.3) is 0 Å². The van der Waals surface area contributed by atoms with Crippen LogP contribution in [0.1, 0.15) is 39.2 Å². The van der Waals surface area contributed by atoms with Gasteiger partial charge in [0.1, 0.15) is 6.04 Å². The maximum absolute atomic E-state index is 13.9. The van der Waals surface area contributed by atoms with E-state index in [1.54, 1.807) is 24.3 Å². The molecule has 8 heteroatoms. The van der Waals surface area contributed by atoms with Crippen LogP contribution in [-0.2, 0) is 16.1 Å². The molecule has 1 N–H and O–H groups in total. The first kappa shape index (κ1) is 25.0. The van der Waals surface area contributed by atoms with Crippen molar-refractivity contribution in [3.8, 4) is 5.75 Å². The molecule has 0 saturated heterocycles. The Bertz CT molecular complexity index is 910. The largest absolute Gasteiger partial charge is 0.481 e. The van der Waals surface area contributed by atoms with Gasteiger partial charge in [0.2, 0.25) is 5.91 Å². The molecule has 0 aliphatic heterocycles. The fourth-order valence-electron chi connectivity index (χ4n) is 2.98. The SMILES string of the molecule is CC[C@@H](C)NC(=O)[C@@H](CC)N(Cc1ccc(Cl)cc1Cl)C(=O)COc1ccccc1F. The molecule has 0 aliphatic rings. The Morgan fingerprint density at radius 2 is 1.84 bits per heavy atom. The molecule has 5 nitrogen and oxygen atoms in total. The van der Waals surface area contributed by atoms with Crippen LogP contribution in [0.3, 0.4) is 0 Å². The summed E-state index contributed by atoms with van der Waals surface area (Å²) in [6.07, 6.45) is 1.15. The van der Waals surface area contributed by atoms with Gasteiger partial charge in [-0.15, -0.1) is 0 Å². The summed E-state index contributed by atoms with van der Waals surface area (Å²) in [5.74, 6) is -1.32. The van der Waals surface area contributed by atoms with Crippen molar-refractivity contribution in [1.82, 2.24) is 10.2 Å². The van der Waals surface area contributed by atoms with Crippen LogP contribution in [0.5, 0.6) is 5.75 Å². The van der Waals surface area contributed by atoms with Crippen molar-refractivity contribution in [2.75, 3.05) is 6.61 Å². The van der Waals surface area contributed by atoms with Gasteiger partial charge < -0.3 is 15.0 Å². The molecule has 0 saturated carbocycles. The summed E-state index contributed by atoms with van der Waals surface area (Å²) in [6.45, 7) is 5.35. The van der Waals surface area contributed by atoms with E-state index in [-0.39, 0.29) is 24.2 Å². The van der Waals surface area contributed by atoms with E-state index >= 15 is 0 Å². The van der Waals surface area contributed by atoms with Crippen LogP contribution >= 0.6 is 23.2 Å². The van der Waals surface area contributed by atoms with Gasteiger partial charge in [-0.2, -0.15) is 0 Å². The van der Waals surface area contributed by atoms with E-state index in [4.69, 9.17) is 27.9 Å². The van der Waals surface area contributed by atoms with Crippen molar-refractivity contribution in [1.29, 1.82) is 0 Å². The average Bonchev–Trinajstić information content (AvgIpc) is 2.74. The summed E-state index contributed by atoms with van der Waals surface area (Å²) in [6, 6.07) is 10.0. The normalized spacial score (nSPS) is 12.7. The smallest absolute Gasteiger partial charge is 0.261 e. The van der Waals surface area contributed by atoms with E-state index in [9.17, 15) is 14.0 Å². The maximum atomic E-state index is 13.9. The van der Waals surface area contributed by atoms with Gasteiger partial charge in [0.05, 0.1) is 0 Å². The molecule has 0 spiro atoms. The first-order valence-electron chi connectivity index (χ1n) is 10.2. The Morgan fingerprint density at radius 3 is 2.45 bits per heavy atom. The summed E-state index contributed by atoms with van der Waals surface area (Å²) < 4.78 is 19.3. The topological polar surface area (TPSA) is 58.6 Å². The van der Waals surface area contributed by atoms with E-state index < -0.39 is 24.4 Å². The number of amides is 2. The minimum Gasteiger partial charge on any atom is -0.481 e. The lowest BCUT2D eigenvalue weighted by atomic mass is 10.1. The third-order valence-corrected chi connectivity index (χ3v) is 5.52. The summed E-state index contributed by atoms with van der Waals surface area (Å²) >= 11 is 12.3. The predicted molar refractivity (Wildman–Crippen MR) is 121 cm³/mol. The second-order valence-electron chi connectivity index (χ2n) is 7.22. The van der Waals surface area contributed by atoms with Gasteiger partial charge in [-0.05, 0) is 49.6 Å². The van der Waals surface area contributed by atoms with Crippen molar-refractivity contribution in [2.45, 2.75) is 52.2 Å². The summed E-state index contributed by atoms with van der Waals surface area (Å²) in [7, 11) is 0. The number of halogens is 3. The summed E-state index contributed by atoms with van der Waals surface area (Å²) in [5.41, 5.74) is 0.639. The fraction of sp³-hybridized carbons (Fsp3) is 0.391. The van der Waals surface area contributed by atoms with Crippen LogP contribution in [0.15, 0.2) is 42.5 Å². The molecule has 31 heavy (non-hydrogen) atoms. The molecule has 0 fully saturated rings. The maximum Gasteiger partial charge on any atom is 0.261 e. The average molecular weight is 469 g/mol. The molecule has 0 heterocycles. The van der Waals surface area contributed by atoms with E-state index in [0.29, 0.717) is 22.0 Å². The Labute approximate surface area is 192 Å². The lowest BCUT2D eigenvalue weighted by Crippen LogP contribution is -2.51. The molecule has 2 atom stereocenters. The van der Waals surface area contributed by atoms with Crippen LogP contribution in [0.2, 0.25) is 10.0 Å². The molecular formula is C23H27Cl2FN2O3. The zero-order valence-corrected chi connectivity index (χ0v) is 19.3. The molecule has 0 unspecified atom stereocenters. The molecule has 2 amide bonds. The van der Waals surface area contributed by atoms with E-state index in [1.807, 2.05) is 20.8 Å². The van der Waals surface area contributed by atoms with Gasteiger partial charge in [0.25, 0.3) is 5.91 Å². The minimum atomic E-state index is -0.738. The lowest BCUT2D eigenvalue weighted by molar-refractivity contribution is -0.143. The van der Waals surface area contributed by atoms with Crippen LogP contribution in [0.4, 0.5) is 4.39 Å². The van der Waals surface area contributed by atoms with Gasteiger partial charge >= 0.3 is 0 Å². The van der Waals surface area contributed by atoms with Gasteiger partial charge in [0, 0.05) is 22.6 Å². The number of hydrogen-bond donors (Lipinski definition) is 1. The van der Waals surface area contributed by atoms with Crippen LogP contribution < -0.4 is 10.1 Å². The summed E-state index contributed by atoms with van der Waals surface area (Å²) in [4.78, 5) is 27.4. The van der Waals surface area contributed by atoms with Crippen molar-refractivity contribution in [3.63, 3.8) is 0 Å². The van der Waals surface area contributed by atoms with Gasteiger partial charge in [-0.25, -0.2) is 4.39 Å². The zero-order chi connectivity index (χ0) is 23.0. The molecule has 0 aromatic heterocycles. The molecule has 168 valence electrons. The number of ether oxygens (including phenoxy) is 1. The minimum absolute atomic E-state index is 0.0302. The van der Waals surface area contributed by atoms with E-state index in [1.165, 1.54) is 23.1 Å². The van der Waals surface area contributed by atoms with Crippen molar-refractivity contribution < 1.29 is 18.7 Å². The Kier molecular flexibility index (Phi) is 9.59. The number of carbonyl (C=O) groups excluding carboxylic acids is 2. The van der Waals surface area contributed by atoms with Crippen molar-refractivity contribution in [2.24, 2.45) is 0 Å². The molecule has 0 radical (unpaired) electrons. The van der Waals surface area contributed by atoms with Gasteiger partial charge in [-0.3, -0.25) is 9.59 Å². The Morgan fingerprint density at radius 1 is 1.13 bits per heavy atom. The highest BCUT2D eigenvalue weighted by Gasteiger charge is 2.30. The first-order chi connectivity index (χ1) is 14.8. The van der Waals surface area contributed by atoms with E-state index in [2.05, 4.69) is 5.32 Å². The second-order valence-corrected chi connectivity index (χ2v) is 8.06. The number of carbonyl (C=O) groups is 2. The number of hydrogen-bond acceptors (Lipinski definition) is 3. The highest BCUT2D eigenvalue weighted by Crippen LogP contribution is 2.24. The number of para-hydroxylation sites is 1. The van der Waals surface area contributed by atoms with Gasteiger partial charge in [0.15, 0.2) is 18.2 Å². The Hall–Kier alpha value is -2.31. The first-order valence-corrected chi connectivity index (χ1v) is 10.9. The number of nitrogens with zero attached hydrogens (tertiary/aromatic N) is 1. The molecule has 2 aromatic rings. The van der Waals surface area contributed by atoms with E-state index in [0.717, 1.165) is 6.42 Å². The highest BCUT2D eigenvalue weighted by molar-refractivity contribution is 6.35. The second kappa shape index (κ2) is 11.9. The molecule has 2 rings (SSSR count). The monoisotopic (exact) mass is 468 g/mol. The quantitative estimate of drug-likeness (QED) is 0.518. The third-order valence-electron chi connectivity index (χ3n) is 4.93. The predicted octanol–water partition coefficient (Wildman–Crippen LogP) is 5.23. The van der Waals surface area contributed by atoms with Crippen LogP contribution in [0, 0.1) is 5.82 Å². The molecule has 0 bridgehead atoms.